The zero-order valence-electron chi connectivity index (χ0n) is 6.66. The quantitative estimate of drug-likeness (QED) is 0.540. The molecule has 0 aromatic rings. The predicted molar refractivity (Wildman–Crippen MR) is 43.6 cm³/mol. The van der Waals surface area contributed by atoms with Crippen LogP contribution in [0.2, 0.25) is 0 Å². The Balaban J connectivity index is 2.27. The largest absolute Gasteiger partial charge is 0.434 e. The maximum absolute atomic E-state index is 5.56. The van der Waals surface area contributed by atoms with E-state index in [1.165, 1.54) is 0 Å². The molecule has 1 heterocycles. The smallest absolute Gasteiger partial charge is 0.368 e. The fourth-order valence-electron chi connectivity index (χ4n) is 1.45. The van der Waals surface area contributed by atoms with Crippen LogP contribution < -0.4 is 0 Å². The molecule has 2 rings (SSSR count). The lowest BCUT2D eigenvalue weighted by atomic mass is 10.5. The lowest BCUT2D eigenvalue weighted by molar-refractivity contribution is -0.466. The topological polar surface area (TPSA) is 12.2 Å². The Bertz CT molecular complexity index is 252. The van der Waals surface area contributed by atoms with Gasteiger partial charge in [-0.25, -0.2) is 0 Å². The molecular weight excluding hydrogens is 138 g/mol. The molecule has 0 N–H and O–H groups in total. The summed E-state index contributed by atoms with van der Waals surface area (Å²) in [5.41, 5.74) is 0. The van der Waals surface area contributed by atoms with Crippen LogP contribution in [0.5, 0.6) is 0 Å². The molecule has 2 heteroatoms. The Morgan fingerprint density at radius 1 is 1.73 bits per heavy atom. The molecule has 1 unspecified atom stereocenters. The average Bonchev–Trinajstić information content (AvgIpc) is 2.65. The van der Waals surface area contributed by atoms with E-state index < -0.39 is 0 Å². The molecule has 1 saturated carbocycles. The van der Waals surface area contributed by atoms with Crippen LogP contribution in [-0.4, -0.2) is 22.6 Å². The second-order valence-corrected chi connectivity index (χ2v) is 2.89. The molecule has 0 aromatic carbocycles. The number of allylic oxidation sites excluding steroid dienone is 1. The van der Waals surface area contributed by atoms with Crippen molar-refractivity contribution >= 4 is 5.90 Å². The van der Waals surface area contributed by atoms with Gasteiger partial charge in [0.1, 0.15) is 0 Å². The standard InChI is InChI=1S/C9H12NO/c1-3-5-9-10(4-2)7-6-8(7)11-9/h3-5,7-8H,2,6H2,1H3/q+1/b5-3-/t7-,8?/m1/s1. The number of hydrogen-bond acceptors (Lipinski definition) is 1. The van der Waals surface area contributed by atoms with Crippen molar-refractivity contribution in [3.8, 4) is 0 Å². The van der Waals surface area contributed by atoms with Crippen molar-refractivity contribution in [2.24, 2.45) is 0 Å². The molecule has 2 nitrogen and oxygen atoms in total. The van der Waals surface area contributed by atoms with E-state index in [0.29, 0.717) is 12.1 Å². The van der Waals surface area contributed by atoms with Gasteiger partial charge in [0.15, 0.2) is 12.3 Å². The van der Waals surface area contributed by atoms with Crippen LogP contribution >= 0.6 is 0 Å². The molecule has 2 aliphatic rings. The van der Waals surface area contributed by atoms with Gasteiger partial charge in [-0.05, 0) is 13.5 Å². The number of hydrogen-bond donors (Lipinski definition) is 0. The highest BCUT2D eigenvalue weighted by Crippen LogP contribution is 2.34. The van der Waals surface area contributed by atoms with Crippen molar-refractivity contribution in [2.75, 3.05) is 0 Å². The van der Waals surface area contributed by atoms with E-state index in [1.54, 1.807) is 0 Å². The third kappa shape index (κ3) is 0.897. The van der Waals surface area contributed by atoms with Gasteiger partial charge in [0.05, 0.1) is 6.42 Å². The summed E-state index contributed by atoms with van der Waals surface area (Å²) in [5.74, 6) is 0.948. The number of fused-ring (bicyclic) bond motifs is 1. The molecule has 0 bridgehead atoms. The van der Waals surface area contributed by atoms with Gasteiger partial charge >= 0.3 is 5.90 Å². The van der Waals surface area contributed by atoms with E-state index in [0.717, 1.165) is 12.3 Å². The first kappa shape index (κ1) is 6.65. The minimum Gasteiger partial charge on any atom is -0.434 e. The molecule has 1 aliphatic heterocycles. The summed E-state index contributed by atoms with van der Waals surface area (Å²) >= 11 is 0. The Hall–Kier alpha value is -1.05. The lowest BCUT2D eigenvalue weighted by Gasteiger charge is -1.92. The van der Waals surface area contributed by atoms with Gasteiger partial charge in [-0.3, -0.25) is 0 Å². The van der Waals surface area contributed by atoms with Gasteiger partial charge in [-0.1, -0.05) is 6.08 Å². The van der Waals surface area contributed by atoms with E-state index in [2.05, 4.69) is 11.2 Å². The van der Waals surface area contributed by atoms with Gasteiger partial charge < -0.3 is 4.74 Å². The van der Waals surface area contributed by atoms with Crippen LogP contribution in [0.15, 0.2) is 24.9 Å². The Morgan fingerprint density at radius 3 is 3.18 bits per heavy atom. The average molecular weight is 150 g/mol. The van der Waals surface area contributed by atoms with Gasteiger partial charge in [0.2, 0.25) is 6.04 Å². The zero-order chi connectivity index (χ0) is 7.84. The Morgan fingerprint density at radius 2 is 2.55 bits per heavy atom. The molecular formula is C9H12NO+. The minimum atomic E-state index is 0.444. The normalized spacial score (nSPS) is 33.9. The summed E-state index contributed by atoms with van der Waals surface area (Å²) < 4.78 is 7.67. The van der Waals surface area contributed by atoms with Crippen molar-refractivity contribution in [2.45, 2.75) is 25.5 Å². The third-order valence-corrected chi connectivity index (χ3v) is 2.09. The molecule has 2 atom stereocenters. The van der Waals surface area contributed by atoms with Gasteiger partial charge in [-0.15, -0.1) is 0 Å². The summed E-state index contributed by atoms with van der Waals surface area (Å²) in [6, 6.07) is 0.582. The second-order valence-electron chi connectivity index (χ2n) is 2.89. The summed E-state index contributed by atoms with van der Waals surface area (Å²) in [4.78, 5) is 0. The Labute approximate surface area is 66.5 Å². The molecule has 1 aliphatic carbocycles. The van der Waals surface area contributed by atoms with E-state index in [1.807, 2.05) is 25.3 Å². The SMILES string of the molecule is C=C[N+]1=C(/C=C\C)OC2C[C@H]21. The minimum absolute atomic E-state index is 0.444. The van der Waals surface area contributed by atoms with Crippen LogP contribution in [0, 0.1) is 0 Å². The first-order valence-electron chi connectivity index (χ1n) is 3.94. The third-order valence-electron chi connectivity index (χ3n) is 2.09. The second kappa shape index (κ2) is 2.22. The first-order chi connectivity index (χ1) is 5.36. The summed E-state index contributed by atoms with van der Waals surface area (Å²) in [7, 11) is 0. The molecule has 0 spiro atoms. The monoisotopic (exact) mass is 150 g/mol. The molecule has 58 valence electrons. The molecule has 0 amide bonds. The van der Waals surface area contributed by atoms with E-state index in [4.69, 9.17) is 4.74 Å². The fraction of sp³-hybridized carbons (Fsp3) is 0.444. The first-order valence-corrected chi connectivity index (χ1v) is 3.94. The highest BCUT2D eigenvalue weighted by atomic mass is 16.5. The highest BCUT2D eigenvalue weighted by molar-refractivity contribution is 5.84. The summed E-state index contributed by atoms with van der Waals surface area (Å²) in [5, 5.41) is 0. The van der Waals surface area contributed by atoms with Crippen LogP contribution in [0.1, 0.15) is 13.3 Å². The van der Waals surface area contributed by atoms with E-state index >= 15 is 0 Å². The molecule has 0 radical (unpaired) electrons. The van der Waals surface area contributed by atoms with Gasteiger partial charge in [-0.2, -0.15) is 4.58 Å². The van der Waals surface area contributed by atoms with Crippen molar-refractivity contribution in [3.05, 3.63) is 24.9 Å². The zero-order valence-corrected chi connectivity index (χ0v) is 6.66. The van der Waals surface area contributed by atoms with E-state index in [-0.39, 0.29) is 0 Å². The van der Waals surface area contributed by atoms with E-state index in [9.17, 15) is 0 Å². The number of nitrogens with zero attached hydrogens (tertiary/aromatic N) is 1. The van der Waals surface area contributed by atoms with Gasteiger partial charge in [0.25, 0.3) is 0 Å². The maximum Gasteiger partial charge on any atom is 0.368 e. The fourth-order valence-corrected chi connectivity index (χ4v) is 1.45. The van der Waals surface area contributed by atoms with Crippen molar-refractivity contribution < 1.29 is 9.31 Å². The van der Waals surface area contributed by atoms with Crippen LogP contribution in [-0.2, 0) is 4.74 Å². The molecule has 0 aromatic heterocycles. The van der Waals surface area contributed by atoms with Crippen molar-refractivity contribution in [1.29, 1.82) is 0 Å². The summed E-state index contributed by atoms with van der Waals surface area (Å²) in [6.45, 7) is 5.73. The maximum atomic E-state index is 5.56. The molecule has 0 saturated heterocycles. The highest BCUT2D eigenvalue weighted by Gasteiger charge is 2.56. The summed E-state index contributed by atoms with van der Waals surface area (Å²) in [6.07, 6.45) is 7.41. The van der Waals surface area contributed by atoms with Gasteiger partial charge in [0, 0.05) is 6.08 Å². The van der Waals surface area contributed by atoms with Crippen LogP contribution in [0.25, 0.3) is 0 Å². The number of rotatable bonds is 2. The van der Waals surface area contributed by atoms with Crippen LogP contribution in [0.4, 0.5) is 0 Å². The molecule has 11 heavy (non-hydrogen) atoms. The van der Waals surface area contributed by atoms with Crippen LogP contribution in [0.3, 0.4) is 0 Å². The number of ether oxygens (including phenoxy) is 1. The predicted octanol–water partition coefficient (Wildman–Crippen LogP) is 1.29. The molecule has 1 fully saturated rings. The Kier molecular flexibility index (Phi) is 1.34. The van der Waals surface area contributed by atoms with Crippen molar-refractivity contribution in [3.63, 3.8) is 0 Å². The lowest BCUT2D eigenvalue weighted by Crippen LogP contribution is -2.11. The van der Waals surface area contributed by atoms with Crippen molar-refractivity contribution in [1.82, 2.24) is 0 Å².